The fourth-order valence-corrected chi connectivity index (χ4v) is 3.66. The number of hydrogen-bond donors (Lipinski definition) is 0. The lowest BCUT2D eigenvalue weighted by Gasteiger charge is -2.27. The van der Waals surface area contributed by atoms with E-state index in [9.17, 15) is 0 Å². The molecule has 0 radical (unpaired) electrons. The second-order valence-electron chi connectivity index (χ2n) is 5.40. The van der Waals surface area contributed by atoms with Crippen LogP contribution in [0.5, 0.6) is 0 Å². The topological polar surface area (TPSA) is 0 Å². The van der Waals surface area contributed by atoms with Crippen molar-refractivity contribution in [3.05, 3.63) is 35.4 Å². The van der Waals surface area contributed by atoms with Gasteiger partial charge >= 0.3 is 0 Å². The predicted octanol–water partition coefficient (Wildman–Crippen LogP) is 5.02. The summed E-state index contributed by atoms with van der Waals surface area (Å²) in [4.78, 5) is 0. The Balaban J connectivity index is 2.26. The van der Waals surface area contributed by atoms with Gasteiger partial charge in [-0.1, -0.05) is 66.9 Å². The molecule has 16 heavy (non-hydrogen) atoms. The van der Waals surface area contributed by atoms with Gasteiger partial charge in [-0.15, -0.1) is 0 Å². The molecule has 0 N–H and O–H groups in total. The Hall–Kier alpha value is -0.300. The monoisotopic (exact) mass is 280 g/mol. The average Bonchev–Trinajstić information content (AvgIpc) is 2.79. The van der Waals surface area contributed by atoms with Crippen molar-refractivity contribution >= 4 is 15.9 Å². The molecule has 1 heteroatoms. The van der Waals surface area contributed by atoms with Crippen molar-refractivity contribution in [2.24, 2.45) is 0 Å². The highest BCUT2D eigenvalue weighted by Crippen LogP contribution is 2.42. The van der Waals surface area contributed by atoms with Crippen LogP contribution < -0.4 is 0 Å². The van der Waals surface area contributed by atoms with Crippen molar-refractivity contribution in [2.45, 2.75) is 50.9 Å². The third-order valence-electron chi connectivity index (χ3n) is 4.01. The van der Waals surface area contributed by atoms with E-state index in [0.29, 0.717) is 11.3 Å². The van der Waals surface area contributed by atoms with Crippen LogP contribution in [0.2, 0.25) is 0 Å². The lowest BCUT2D eigenvalue weighted by molar-refractivity contribution is 0.505. The number of alkyl halides is 1. The first-order chi connectivity index (χ1) is 7.68. The summed E-state index contributed by atoms with van der Waals surface area (Å²) in [6.07, 6.45) is 5.47. The van der Waals surface area contributed by atoms with Gasteiger partial charge in [0.2, 0.25) is 0 Å². The third-order valence-corrected chi connectivity index (χ3v) is 5.08. The van der Waals surface area contributed by atoms with Gasteiger partial charge < -0.3 is 0 Å². The van der Waals surface area contributed by atoms with Gasteiger partial charge in [0.05, 0.1) is 0 Å². The molecule has 0 spiro atoms. The summed E-state index contributed by atoms with van der Waals surface area (Å²) in [6.45, 7) is 4.51. The average molecular weight is 281 g/mol. The van der Waals surface area contributed by atoms with E-state index < -0.39 is 0 Å². The highest BCUT2D eigenvalue weighted by Gasteiger charge is 2.34. The molecule has 1 aliphatic rings. The van der Waals surface area contributed by atoms with Crippen LogP contribution in [0.25, 0.3) is 0 Å². The Bertz CT molecular complexity index is 331. The molecule has 0 bridgehead atoms. The molecule has 0 saturated heterocycles. The fraction of sp³-hybridized carbons (Fsp3) is 0.600. The van der Waals surface area contributed by atoms with E-state index in [1.54, 1.807) is 0 Å². The molecule has 0 atom stereocenters. The van der Waals surface area contributed by atoms with Crippen LogP contribution >= 0.6 is 15.9 Å². The maximum atomic E-state index is 3.72. The van der Waals surface area contributed by atoms with E-state index in [1.165, 1.54) is 36.8 Å². The lowest BCUT2D eigenvalue weighted by Crippen LogP contribution is -2.23. The van der Waals surface area contributed by atoms with Gasteiger partial charge in [0.1, 0.15) is 0 Å². The molecule has 1 aromatic carbocycles. The van der Waals surface area contributed by atoms with Crippen molar-refractivity contribution < 1.29 is 0 Å². The molecular formula is C15H21Br. The summed E-state index contributed by atoms with van der Waals surface area (Å²) in [5.74, 6) is 0.637. The number of hydrogen-bond acceptors (Lipinski definition) is 0. The Kier molecular flexibility index (Phi) is 3.73. The minimum absolute atomic E-state index is 0.426. The SMILES string of the molecule is CC(C)c1ccc(C2(CBr)CCCC2)cc1. The van der Waals surface area contributed by atoms with Crippen molar-refractivity contribution in [2.75, 3.05) is 5.33 Å². The van der Waals surface area contributed by atoms with E-state index >= 15 is 0 Å². The first-order valence-corrected chi connectivity index (χ1v) is 7.46. The van der Waals surface area contributed by atoms with E-state index in [2.05, 4.69) is 54.0 Å². The molecule has 1 saturated carbocycles. The van der Waals surface area contributed by atoms with Gasteiger partial charge in [0, 0.05) is 10.7 Å². The van der Waals surface area contributed by atoms with Crippen LogP contribution in [-0.2, 0) is 5.41 Å². The lowest BCUT2D eigenvalue weighted by atomic mass is 9.80. The molecule has 1 fully saturated rings. The van der Waals surface area contributed by atoms with Crippen LogP contribution in [0.3, 0.4) is 0 Å². The molecule has 88 valence electrons. The summed E-state index contributed by atoms with van der Waals surface area (Å²) in [5.41, 5.74) is 3.41. The van der Waals surface area contributed by atoms with Crippen LogP contribution in [0, 0.1) is 0 Å². The second kappa shape index (κ2) is 4.91. The van der Waals surface area contributed by atoms with Gasteiger partial charge in [-0.2, -0.15) is 0 Å². The maximum Gasteiger partial charge on any atom is 0.0129 e. The summed E-state index contributed by atoms with van der Waals surface area (Å²) in [5, 5.41) is 1.11. The predicted molar refractivity (Wildman–Crippen MR) is 74.5 cm³/mol. The zero-order valence-corrected chi connectivity index (χ0v) is 11.9. The molecule has 1 aromatic rings. The molecule has 1 aliphatic carbocycles. The van der Waals surface area contributed by atoms with E-state index in [4.69, 9.17) is 0 Å². The van der Waals surface area contributed by atoms with E-state index in [-0.39, 0.29) is 0 Å². The minimum Gasteiger partial charge on any atom is -0.0918 e. The molecule has 2 rings (SSSR count). The second-order valence-corrected chi connectivity index (χ2v) is 5.96. The fourth-order valence-electron chi connectivity index (χ4n) is 2.77. The highest BCUT2D eigenvalue weighted by molar-refractivity contribution is 9.09. The van der Waals surface area contributed by atoms with Gasteiger partial charge in [-0.25, -0.2) is 0 Å². The molecule has 0 amide bonds. The van der Waals surface area contributed by atoms with E-state index in [1.807, 2.05) is 0 Å². The Morgan fingerprint density at radius 3 is 2.12 bits per heavy atom. The smallest absolute Gasteiger partial charge is 0.0129 e. The van der Waals surface area contributed by atoms with Crippen LogP contribution in [0.15, 0.2) is 24.3 Å². The Labute approximate surface area is 108 Å². The van der Waals surface area contributed by atoms with Crippen LogP contribution in [0.1, 0.15) is 56.6 Å². The van der Waals surface area contributed by atoms with Crippen molar-refractivity contribution in [3.63, 3.8) is 0 Å². The third kappa shape index (κ3) is 2.20. The molecule has 0 unspecified atom stereocenters. The number of halogens is 1. The number of rotatable bonds is 3. The Morgan fingerprint density at radius 1 is 1.12 bits per heavy atom. The van der Waals surface area contributed by atoms with Gasteiger partial charge in [-0.3, -0.25) is 0 Å². The van der Waals surface area contributed by atoms with Crippen LogP contribution in [0.4, 0.5) is 0 Å². The standard InChI is InChI=1S/C15H21Br/c1-12(2)13-5-7-14(8-6-13)15(11-16)9-3-4-10-15/h5-8,12H,3-4,9-11H2,1-2H3. The Morgan fingerprint density at radius 2 is 1.69 bits per heavy atom. The number of benzene rings is 1. The van der Waals surface area contributed by atoms with Gasteiger partial charge in [0.25, 0.3) is 0 Å². The summed E-state index contributed by atoms with van der Waals surface area (Å²) < 4.78 is 0. The van der Waals surface area contributed by atoms with Crippen molar-refractivity contribution in [3.8, 4) is 0 Å². The first kappa shape index (κ1) is 12.2. The van der Waals surface area contributed by atoms with Crippen LogP contribution in [-0.4, -0.2) is 5.33 Å². The minimum atomic E-state index is 0.426. The highest BCUT2D eigenvalue weighted by atomic mass is 79.9. The van der Waals surface area contributed by atoms with Crippen molar-refractivity contribution in [1.82, 2.24) is 0 Å². The van der Waals surface area contributed by atoms with Gasteiger partial charge in [-0.05, 0) is 29.9 Å². The molecule has 0 nitrogen and oxygen atoms in total. The van der Waals surface area contributed by atoms with Gasteiger partial charge in [0.15, 0.2) is 0 Å². The summed E-state index contributed by atoms with van der Waals surface area (Å²) in [6, 6.07) is 9.31. The zero-order valence-electron chi connectivity index (χ0n) is 10.3. The molecule has 0 aliphatic heterocycles. The maximum absolute atomic E-state index is 3.72. The van der Waals surface area contributed by atoms with Crippen molar-refractivity contribution in [1.29, 1.82) is 0 Å². The zero-order chi connectivity index (χ0) is 11.6. The largest absolute Gasteiger partial charge is 0.0918 e. The molecule has 0 heterocycles. The summed E-state index contributed by atoms with van der Waals surface area (Å²) >= 11 is 3.72. The molecule has 0 aromatic heterocycles. The normalized spacial score (nSPS) is 19.2. The quantitative estimate of drug-likeness (QED) is 0.683. The first-order valence-electron chi connectivity index (χ1n) is 6.34. The molecular weight excluding hydrogens is 260 g/mol. The summed E-state index contributed by atoms with van der Waals surface area (Å²) in [7, 11) is 0. The van der Waals surface area contributed by atoms with E-state index in [0.717, 1.165) is 5.33 Å².